The maximum absolute atomic E-state index is 12.9. The summed E-state index contributed by atoms with van der Waals surface area (Å²) in [5.41, 5.74) is 1.33. The van der Waals surface area contributed by atoms with Crippen molar-refractivity contribution < 1.29 is 13.9 Å². The number of carbonyl (C=O) groups is 1. The molecule has 3 rings (SSSR count). The number of hydrogen-bond donors (Lipinski definition) is 1. The van der Waals surface area contributed by atoms with Crippen LogP contribution in [0.4, 0.5) is 10.1 Å². The highest BCUT2D eigenvalue weighted by Gasteiger charge is 2.13. The lowest BCUT2D eigenvalue weighted by atomic mass is 10.3. The van der Waals surface area contributed by atoms with Crippen LogP contribution in [0.2, 0.25) is 0 Å². The minimum Gasteiger partial charge on any atom is -0.495 e. The highest BCUT2D eigenvalue weighted by molar-refractivity contribution is 7.99. The highest BCUT2D eigenvalue weighted by Crippen LogP contribution is 2.26. The van der Waals surface area contributed by atoms with Crippen LogP contribution in [0.5, 0.6) is 5.75 Å². The molecule has 25 heavy (non-hydrogen) atoms. The van der Waals surface area contributed by atoms with E-state index in [0.29, 0.717) is 16.6 Å². The number of ether oxygens (including phenoxy) is 1. The Balaban J connectivity index is 1.67. The Morgan fingerprint density at radius 3 is 2.76 bits per heavy atom. The number of methoxy groups -OCH3 is 1. The van der Waals surface area contributed by atoms with Crippen molar-refractivity contribution in [1.82, 2.24) is 14.8 Å². The Labute approximate surface area is 148 Å². The number of hydrogen-bond acceptors (Lipinski definition) is 5. The molecule has 0 atom stereocenters. The number of carbonyl (C=O) groups excluding carboxylic acids is 1. The number of nitrogens with zero attached hydrogens (tertiary/aromatic N) is 3. The highest BCUT2D eigenvalue weighted by atomic mass is 32.2. The van der Waals surface area contributed by atoms with Gasteiger partial charge in [0.2, 0.25) is 5.91 Å². The molecule has 1 amide bonds. The zero-order valence-electron chi connectivity index (χ0n) is 13.3. The summed E-state index contributed by atoms with van der Waals surface area (Å²) >= 11 is 1.25. The van der Waals surface area contributed by atoms with E-state index < -0.39 is 0 Å². The summed E-state index contributed by atoms with van der Waals surface area (Å²) in [5, 5.41) is 11.2. The van der Waals surface area contributed by atoms with E-state index in [1.165, 1.54) is 36.0 Å². The van der Waals surface area contributed by atoms with Gasteiger partial charge in [-0.2, -0.15) is 0 Å². The van der Waals surface area contributed by atoms with Gasteiger partial charge in [0.05, 0.1) is 18.6 Å². The molecule has 0 aliphatic carbocycles. The molecule has 0 unspecified atom stereocenters. The molecule has 1 N–H and O–H groups in total. The van der Waals surface area contributed by atoms with Crippen molar-refractivity contribution in [1.29, 1.82) is 0 Å². The Morgan fingerprint density at radius 1 is 1.24 bits per heavy atom. The zero-order chi connectivity index (χ0) is 17.6. The van der Waals surface area contributed by atoms with Gasteiger partial charge in [0.15, 0.2) is 5.16 Å². The lowest BCUT2D eigenvalue weighted by molar-refractivity contribution is -0.113. The molecule has 128 valence electrons. The second-order valence-corrected chi connectivity index (χ2v) is 5.94. The number of para-hydroxylation sites is 2. The lowest BCUT2D eigenvalue weighted by Gasteiger charge is -2.10. The molecule has 0 bridgehead atoms. The molecule has 0 radical (unpaired) electrons. The second-order valence-electron chi connectivity index (χ2n) is 5.00. The molecule has 6 nitrogen and oxygen atoms in total. The van der Waals surface area contributed by atoms with Crippen LogP contribution in [0.1, 0.15) is 0 Å². The van der Waals surface area contributed by atoms with E-state index in [0.717, 1.165) is 5.69 Å². The molecule has 0 fully saturated rings. The zero-order valence-corrected chi connectivity index (χ0v) is 14.2. The van der Waals surface area contributed by atoms with Gasteiger partial charge in [0.25, 0.3) is 0 Å². The average Bonchev–Trinajstić information content (AvgIpc) is 3.10. The van der Waals surface area contributed by atoms with Crippen LogP contribution in [0.25, 0.3) is 5.69 Å². The second kappa shape index (κ2) is 7.80. The van der Waals surface area contributed by atoms with E-state index in [4.69, 9.17) is 4.74 Å². The van der Waals surface area contributed by atoms with E-state index >= 15 is 0 Å². The maximum Gasteiger partial charge on any atom is 0.234 e. The van der Waals surface area contributed by atoms with Crippen molar-refractivity contribution in [3.63, 3.8) is 0 Å². The maximum atomic E-state index is 12.9. The third kappa shape index (κ3) is 4.16. The van der Waals surface area contributed by atoms with Gasteiger partial charge in [-0.15, -0.1) is 10.2 Å². The topological polar surface area (TPSA) is 69.0 Å². The predicted octanol–water partition coefficient (Wildman–Crippen LogP) is 3.15. The number of rotatable bonds is 6. The molecule has 0 saturated carbocycles. The number of aromatic nitrogens is 3. The van der Waals surface area contributed by atoms with Crippen LogP contribution in [0, 0.1) is 5.82 Å². The third-order valence-corrected chi connectivity index (χ3v) is 4.26. The molecule has 1 aromatic heterocycles. The Kier molecular flexibility index (Phi) is 5.30. The molecule has 0 aliphatic rings. The first-order valence-corrected chi connectivity index (χ1v) is 8.37. The van der Waals surface area contributed by atoms with Crippen LogP contribution >= 0.6 is 11.8 Å². The SMILES string of the molecule is COc1ccccc1-n1cnnc1SCC(=O)Nc1ccc(F)cc1. The van der Waals surface area contributed by atoms with Gasteiger partial charge >= 0.3 is 0 Å². The summed E-state index contributed by atoms with van der Waals surface area (Å²) in [6.45, 7) is 0. The van der Waals surface area contributed by atoms with E-state index in [-0.39, 0.29) is 17.5 Å². The van der Waals surface area contributed by atoms with E-state index in [9.17, 15) is 9.18 Å². The van der Waals surface area contributed by atoms with Crippen molar-refractivity contribution in [2.24, 2.45) is 0 Å². The average molecular weight is 358 g/mol. The molecule has 1 heterocycles. The monoisotopic (exact) mass is 358 g/mol. The summed E-state index contributed by atoms with van der Waals surface area (Å²) in [6, 6.07) is 13.1. The minimum absolute atomic E-state index is 0.144. The van der Waals surface area contributed by atoms with Crippen LogP contribution in [-0.2, 0) is 4.79 Å². The van der Waals surface area contributed by atoms with Gasteiger partial charge in [0.1, 0.15) is 17.9 Å². The van der Waals surface area contributed by atoms with E-state index in [1.807, 2.05) is 24.3 Å². The van der Waals surface area contributed by atoms with Crippen LogP contribution < -0.4 is 10.1 Å². The van der Waals surface area contributed by atoms with Gasteiger partial charge in [0, 0.05) is 5.69 Å². The van der Waals surface area contributed by atoms with Crippen molar-refractivity contribution >= 4 is 23.4 Å². The summed E-state index contributed by atoms with van der Waals surface area (Å²) in [7, 11) is 1.59. The first kappa shape index (κ1) is 17.0. The van der Waals surface area contributed by atoms with E-state index in [2.05, 4.69) is 15.5 Å². The fraction of sp³-hybridized carbons (Fsp3) is 0.118. The molecule has 0 aliphatic heterocycles. The standard InChI is InChI=1S/C17H15FN4O2S/c1-24-15-5-3-2-4-14(15)22-11-19-21-17(22)25-10-16(23)20-13-8-6-12(18)7-9-13/h2-9,11H,10H2,1H3,(H,20,23). The van der Waals surface area contributed by atoms with Crippen molar-refractivity contribution in [3.05, 3.63) is 60.7 Å². The summed E-state index contributed by atoms with van der Waals surface area (Å²) < 4.78 is 20.0. The third-order valence-electron chi connectivity index (χ3n) is 3.32. The quantitative estimate of drug-likeness (QED) is 0.686. The van der Waals surface area contributed by atoms with Gasteiger partial charge < -0.3 is 10.1 Å². The fourth-order valence-corrected chi connectivity index (χ4v) is 2.90. The Bertz CT molecular complexity index is 867. The van der Waals surface area contributed by atoms with E-state index in [1.54, 1.807) is 18.0 Å². The van der Waals surface area contributed by atoms with Crippen molar-refractivity contribution in [2.75, 3.05) is 18.2 Å². The van der Waals surface area contributed by atoms with Gasteiger partial charge in [-0.25, -0.2) is 4.39 Å². The Morgan fingerprint density at radius 2 is 2.00 bits per heavy atom. The van der Waals surface area contributed by atoms with Gasteiger partial charge in [-0.3, -0.25) is 9.36 Å². The largest absolute Gasteiger partial charge is 0.495 e. The fourth-order valence-electron chi connectivity index (χ4n) is 2.18. The summed E-state index contributed by atoms with van der Waals surface area (Å²) in [4.78, 5) is 12.1. The molecule has 0 saturated heterocycles. The number of halogens is 1. The number of benzene rings is 2. The Hall–Kier alpha value is -2.87. The summed E-state index contributed by atoms with van der Waals surface area (Å²) in [5.74, 6) is 0.258. The minimum atomic E-state index is -0.350. The molecule has 2 aromatic carbocycles. The van der Waals surface area contributed by atoms with Crippen LogP contribution in [-0.4, -0.2) is 33.5 Å². The molecule has 8 heteroatoms. The van der Waals surface area contributed by atoms with Crippen molar-refractivity contribution in [3.8, 4) is 11.4 Å². The molecular weight excluding hydrogens is 343 g/mol. The smallest absolute Gasteiger partial charge is 0.234 e. The van der Waals surface area contributed by atoms with Gasteiger partial charge in [-0.1, -0.05) is 23.9 Å². The van der Waals surface area contributed by atoms with Crippen LogP contribution in [0.15, 0.2) is 60.0 Å². The first-order chi connectivity index (χ1) is 12.2. The number of thioether (sulfide) groups is 1. The van der Waals surface area contributed by atoms with Crippen LogP contribution in [0.3, 0.4) is 0 Å². The number of anilines is 1. The normalized spacial score (nSPS) is 10.5. The predicted molar refractivity (Wildman–Crippen MR) is 93.7 cm³/mol. The summed E-state index contributed by atoms with van der Waals surface area (Å²) in [6.07, 6.45) is 1.57. The molecular formula is C17H15FN4O2S. The number of nitrogens with one attached hydrogen (secondary N) is 1. The number of amides is 1. The first-order valence-electron chi connectivity index (χ1n) is 7.39. The molecule has 3 aromatic rings. The van der Waals surface area contributed by atoms with Gasteiger partial charge in [-0.05, 0) is 36.4 Å². The van der Waals surface area contributed by atoms with Crippen molar-refractivity contribution in [2.45, 2.75) is 5.16 Å². The lowest BCUT2D eigenvalue weighted by Crippen LogP contribution is -2.14. The molecule has 0 spiro atoms.